The van der Waals surface area contributed by atoms with E-state index in [0.717, 1.165) is 51.4 Å². The van der Waals surface area contributed by atoms with Crippen molar-refractivity contribution in [2.75, 3.05) is 13.2 Å². The van der Waals surface area contributed by atoms with Gasteiger partial charge in [0, 0.05) is 12.8 Å². The van der Waals surface area contributed by atoms with Crippen LogP contribution >= 0.6 is 0 Å². The fourth-order valence-electron chi connectivity index (χ4n) is 10.3. The van der Waals surface area contributed by atoms with Gasteiger partial charge >= 0.3 is 5.97 Å². The number of carbonyl (C=O) groups excluding carboxylic acids is 2. The molecule has 0 aromatic carbocycles. The van der Waals surface area contributed by atoms with Crippen LogP contribution in [0.15, 0.2) is 36.5 Å². The van der Waals surface area contributed by atoms with Gasteiger partial charge in [0.15, 0.2) is 0 Å². The minimum atomic E-state index is -0.842. The number of allylic oxidation sites excluding steroid dienone is 5. The van der Waals surface area contributed by atoms with E-state index in [-0.39, 0.29) is 18.5 Å². The van der Waals surface area contributed by atoms with Crippen molar-refractivity contribution in [2.45, 2.75) is 373 Å². The van der Waals surface area contributed by atoms with E-state index in [2.05, 4.69) is 43.5 Å². The van der Waals surface area contributed by atoms with Crippen LogP contribution in [0.5, 0.6) is 0 Å². The Morgan fingerprint density at radius 1 is 0.378 bits per heavy atom. The molecule has 1 amide bonds. The minimum absolute atomic E-state index is 0.00315. The first kappa shape index (κ1) is 72.1. The quantitative estimate of drug-likeness (QED) is 0.0320. The van der Waals surface area contributed by atoms with Crippen LogP contribution in [-0.2, 0) is 14.3 Å². The zero-order valence-corrected chi connectivity index (χ0v) is 49.8. The zero-order chi connectivity index (χ0) is 53.6. The van der Waals surface area contributed by atoms with Gasteiger partial charge in [-0.05, 0) is 57.8 Å². The van der Waals surface area contributed by atoms with Crippen molar-refractivity contribution in [3.8, 4) is 0 Å². The van der Waals surface area contributed by atoms with Crippen molar-refractivity contribution in [2.24, 2.45) is 0 Å². The molecule has 3 N–H and O–H groups in total. The molecule has 0 radical (unpaired) electrons. The van der Waals surface area contributed by atoms with Crippen LogP contribution in [-0.4, -0.2) is 47.4 Å². The number of rotatable bonds is 62. The summed E-state index contributed by atoms with van der Waals surface area (Å²) in [6, 6.07) is -0.625. The average molecular weight is 1040 g/mol. The van der Waals surface area contributed by atoms with Crippen molar-refractivity contribution in [3.05, 3.63) is 36.5 Å². The molecule has 6 heteroatoms. The monoisotopic (exact) mass is 1040 g/mol. The summed E-state index contributed by atoms with van der Waals surface area (Å²) in [5.41, 5.74) is 0. The lowest BCUT2D eigenvalue weighted by Gasteiger charge is -2.20. The molecule has 0 aliphatic rings. The van der Waals surface area contributed by atoms with E-state index in [9.17, 15) is 19.8 Å². The number of aliphatic hydroxyl groups is 2. The van der Waals surface area contributed by atoms with Crippen LogP contribution in [0, 0.1) is 0 Å². The van der Waals surface area contributed by atoms with Crippen LogP contribution in [0.3, 0.4) is 0 Å². The van der Waals surface area contributed by atoms with Gasteiger partial charge in [-0.15, -0.1) is 0 Å². The fourth-order valence-corrected chi connectivity index (χ4v) is 10.3. The number of unbranched alkanes of at least 4 members (excludes halogenated alkanes) is 47. The van der Waals surface area contributed by atoms with Crippen molar-refractivity contribution in [3.63, 3.8) is 0 Å². The van der Waals surface area contributed by atoms with Gasteiger partial charge in [0.2, 0.25) is 5.91 Å². The average Bonchev–Trinajstić information content (AvgIpc) is 3.40. The Balaban J connectivity index is 3.37. The van der Waals surface area contributed by atoms with E-state index in [0.29, 0.717) is 19.4 Å². The van der Waals surface area contributed by atoms with Gasteiger partial charge in [0.05, 0.1) is 25.4 Å². The summed E-state index contributed by atoms with van der Waals surface area (Å²) in [7, 11) is 0. The van der Waals surface area contributed by atoms with Gasteiger partial charge in [-0.25, -0.2) is 0 Å². The van der Waals surface area contributed by atoms with Crippen molar-refractivity contribution >= 4 is 11.9 Å². The lowest BCUT2D eigenvalue weighted by molar-refractivity contribution is -0.143. The highest BCUT2D eigenvalue weighted by Crippen LogP contribution is 2.18. The van der Waals surface area contributed by atoms with Crippen molar-refractivity contribution in [1.29, 1.82) is 0 Å². The maximum atomic E-state index is 12.5. The third kappa shape index (κ3) is 59.3. The van der Waals surface area contributed by atoms with Crippen LogP contribution < -0.4 is 5.32 Å². The fraction of sp³-hybridized carbons (Fsp3) is 0.882. The summed E-state index contributed by atoms with van der Waals surface area (Å²) in [6.07, 6.45) is 80.7. The summed E-state index contributed by atoms with van der Waals surface area (Å²) in [6.45, 7) is 4.86. The molecule has 0 heterocycles. The van der Waals surface area contributed by atoms with Gasteiger partial charge in [0.25, 0.3) is 0 Å². The first-order valence-electron chi connectivity index (χ1n) is 33.3. The van der Waals surface area contributed by atoms with E-state index in [1.165, 1.54) is 283 Å². The largest absolute Gasteiger partial charge is 0.466 e. The molecule has 74 heavy (non-hydrogen) atoms. The highest BCUT2D eigenvalue weighted by atomic mass is 16.5. The van der Waals surface area contributed by atoms with Crippen LogP contribution in [0.2, 0.25) is 0 Å². The molecule has 2 unspecified atom stereocenters. The van der Waals surface area contributed by atoms with E-state index >= 15 is 0 Å². The topological polar surface area (TPSA) is 95.9 Å². The lowest BCUT2D eigenvalue weighted by atomic mass is 10.0. The molecule has 0 aliphatic carbocycles. The third-order valence-electron chi connectivity index (χ3n) is 15.4. The van der Waals surface area contributed by atoms with E-state index in [1.54, 1.807) is 6.08 Å². The molecule has 0 rings (SSSR count). The van der Waals surface area contributed by atoms with Crippen LogP contribution in [0.4, 0.5) is 0 Å². The Kier molecular flexibility index (Phi) is 62.0. The molecule has 0 saturated carbocycles. The Labute approximate surface area is 462 Å². The second kappa shape index (κ2) is 63.6. The predicted molar refractivity (Wildman–Crippen MR) is 324 cm³/mol. The van der Waals surface area contributed by atoms with Crippen molar-refractivity contribution in [1.82, 2.24) is 5.32 Å². The third-order valence-corrected chi connectivity index (χ3v) is 15.4. The summed E-state index contributed by atoms with van der Waals surface area (Å²) in [4.78, 5) is 24.5. The second-order valence-corrected chi connectivity index (χ2v) is 22.8. The highest BCUT2D eigenvalue weighted by molar-refractivity contribution is 5.76. The molecule has 2 atom stereocenters. The van der Waals surface area contributed by atoms with Crippen molar-refractivity contribution < 1.29 is 24.5 Å². The van der Waals surface area contributed by atoms with Crippen LogP contribution in [0.25, 0.3) is 0 Å². The summed E-state index contributed by atoms with van der Waals surface area (Å²) >= 11 is 0. The van der Waals surface area contributed by atoms with E-state index in [4.69, 9.17) is 4.74 Å². The maximum absolute atomic E-state index is 12.5. The molecule has 0 aromatic heterocycles. The minimum Gasteiger partial charge on any atom is -0.466 e. The summed E-state index contributed by atoms with van der Waals surface area (Å²) < 4.78 is 5.47. The smallest absolute Gasteiger partial charge is 0.305 e. The first-order valence-corrected chi connectivity index (χ1v) is 33.3. The Bertz CT molecular complexity index is 1200. The Hall–Kier alpha value is -1.92. The van der Waals surface area contributed by atoms with E-state index < -0.39 is 12.1 Å². The number of ether oxygens (including phenoxy) is 1. The zero-order valence-electron chi connectivity index (χ0n) is 49.8. The number of aliphatic hydroxyl groups excluding tert-OH is 2. The Morgan fingerprint density at radius 2 is 0.703 bits per heavy atom. The van der Waals surface area contributed by atoms with Gasteiger partial charge in [-0.3, -0.25) is 9.59 Å². The second-order valence-electron chi connectivity index (χ2n) is 22.8. The number of nitrogens with one attached hydrogen (secondary N) is 1. The van der Waals surface area contributed by atoms with Gasteiger partial charge in [-0.2, -0.15) is 0 Å². The number of hydrogen-bond donors (Lipinski definition) is 3. The summed E-state index contributed by atoms with van der Waals surface area (Å²) in [5.74, 6) is -0.0596. The number of hydrogen-bond acceptors (Lipinski definition) is 5. The van der Waals surface area contributed by atoms with Gasteiger partial charge in [-0.1, -0.05) is 326 Å². The molecule has 6 nitrogen and oxygen atoms in total. The molecule has 0 fully saturated rings. The van der Waals surface area contributed by atoms with Gasteiger partial charge < -0.3 is 20.3 Å². The standard InChI is InChI=1S/C68H129NO5/c1-3-5-7-9-11-13-15-17-18-33-37-40-44-48-52-56-60-66(71)65(64-70)69-67(72)61-57-53-49-45-41-38-34-31-29-27-25-23-21-19-20-22-24-26-28-30-32-35-39-43-47-51-55-59-63-74-68(73)62-58-54-50-46-42-36-16-14-12-10-8-6-4-2/h8,10,14,16,56,60,65-66,70-71H,3-7,9,11-13,15,17-55,57-59,61-64H2,1-2H3,(H,69,72)/b10-8-,16-14-,60-56+. The normalized spacial score (nSPS) is 12.8. The lowest BCUT2D eigenvalue weighted by Crippen LogP contribution is -2.45. The maximum Gasteiger partial charge on any atom is 0.305 e. The molecule has 436 valence electrons. The molecule has 0 bridgehead atoms. The molecular formula is C68H129NO5. The number of amides is 1. The number of esters is 1. The Morgan fingerprint density at radius 3 is 1.08 bits per heavy atom. The van der Waals surface area contributed by atoms with Gasteiger partial charge in [0.1, 0.15) is 0 Å². The molecule has 0 aliphatic heterocycles. The predicted octanol–water partition coefficient (Wildman–Crippen LogP) is 21.1. The number of carbonyl (C=O) groups is 2. The molecular weight excluding hydrogens is 911 g/mol. The molecule has 0 spiro atoms. The van der Waals surface area contributed by atoms with E-state index in [1.807, 2.05) is 6.08 Å². The summed E-state index contributed by atoms with van der Waals surface area (Å²) in [5, 5.41) is 23.2. The SMILES string of the molecule is CCC/C=C\C/C=C\CCCCCCCC(=O)OCCCCCCCCCCCCCCCCCCCCCCCCCCCCCCC(=O)NC(CO)C(O)/C=C/CCCCCCCCCCCCCCCC. The first-order chi connectivity index (χ1) is 36.5. The molecule has 0 aromatic rings. The molecule has 0 saturated heterocycles. The highest BCUT2D eigenvalue weighted by Gasteiger charge is 2.18. The van der Waals surface area contributed by atoms with Crippen LogP contribution in [0.1, 0.15) is 361 Å².